The molecule has 0 aliphatic heterocycles. The van der Waals surface area contributed by atoms with Gasteiger partial charge in [0, 0.05) is 53.3 Å². The first-order valence-electron chi connectivity index (χ1n) is 18.8. The Hall–Kier alpha value is -7.21. The zero-order valence-corrected chi connectivity index (χ0v) is 31.0. The number of hydrogen-bond donors (Lipinski definition) is 0. The van der Waals surface area contributed by atoms with Crippen LogP contribution in [0.4, 0.5) is 0 Å². The van der Waals surface area contributed by atoms with Crippen molar-refractivity contribution in [1.29, 1.82) is 0 Å². The van der Waals surface area contributed by atoms with Gasteiger partial charge in [0.15, 0.2) is 17.5 Å². The molecule has 0 saturated heterocycles. The summed E-state index contributed by atoms with van der Waals surface area (Å²) in [5, 5.41) is 5.09. The summed E-state index contributed by atoms with van der Waals surface area (Å²) >= 11 is 1.87. The van der Waals surface area contributed by atoms with E-state index in [4.69, 9.17) is 15.0 Å². The van der Waals surface area contributed by atoms with Gasteiger partial charge >= 0.3 is 0 Å². The summed E-state index contributed by atoms with van der Waals surface area (Å²) in [5.74, 6) is 1.93. The minimum atomic E-state index is 0.636. The van der Waals surface area contributed by atoms with E-state index < -0.39 is 0 Å². The van der Waals surface area contributed by atoms with E-state index in [1.54, 1.807) is 0 Å². The summed E-state index contributed by atoms with van der Waals surface area (Å²) in [6.45, 7) is 0. The van der Waals surface area contributed by atoms with Gasteiger partial charge in [0.25, 0.3) is 0 Å². The van der Waals surface area contributed by atoms with Crippen LogP contribution in [0.1, 0.15) is 0 Å². The molecule has 0 aliphatic carbocycles. The summed E-state index contributed by atoms with van der Waals surface area (Å²) in [4.78, 5) is 15.1. The predicted molar refractivity (Wildman–Crippen MR) is 234 cm³/mol. The summed E-state index contributed by atoms with van der Waals surface area (Å²) in [5.41, 5.74) is 10.9. The molecular weight excluding hydrogens is 701 g/mol. The Balaban J connectivity index is 1.06. The molecule has 0 amide bonds. The van der Waals surface area contributed by atoms with Gasteiger partial charge in [0.05, 0.1) is 11.0 Å². The molecule has 4 nitrogen and oxygen atoms in total. The average molecular weight is 733 g/mol. The molecule has 262 valence electrons. The van der Waals surface area contributed by atoms with Crippen molar-refractivity contribution in [3.8, 4) is 62.1 Å². The lowest BCUT2D eigenvalue weighted by atomic mass is 9.98. The molecule has 3 aromatic heterocycles. The van der Waals surface area contributed by atoms with Gasteiger partial charge in [-0.25, -0.2) is 15.0 Å². The molecule has 0 fully saturated rings. The number of thiophene rings is 1. The first-order valence-corrected chi connectivity index (χ1v) is 19.6. The quantitative estimate of drug-likeness (QED) is 0.171. The van der Waals surface area contributed by atoms with E-state index in [0.717, 1.165) is 33.5 Å². The lowest BCUT2D eigenvalue weighted by molar-refractivity contribution is 1.07. The SMILES string of the molecule is c1ccc(-c2nc(-c3ccccc3)nc(-c3ccccc3-c3cccc(-n4c5ccccc5c5cc(-c6cccc7c6sc6ccccc67)ccc54)c3)n2)cc1. The topological polar surface area (TPSA) is 43.6 Å². The van der Waals surface area contributed by atoms with Gasteiger partial charge in [-0.3, -0.25) is 0 Å². The van der Waals surface area contributed by atoms with Gasteiger partial charge in [-0.1, -0.05) is 158 Å². The van der Waals surface area contributed by atoms with Crippen molar-refractivity contribution in [3.05, 3.63) is 194 Å². The summed E-state index contributed by atoms with van der Waals surface area (Å²) in [6.07, 6.45) is 0. The third-order valence-electron chi connectivity index (χ3n) is 10.7. The van der Waals surface area contributed by atoms with Crippen molar-refractivity contribution in [2.75, 3.05) is 0 Å². The molecule has 56 heavy (non-hydrogen) atoms. The van der Waals surface area contributed by atoms with Gasteiger partial charge in [0.1, 0.15) is 0 Å². The van der Waals surface area contributed by atoms with E-state index in [9.17, 15) is 0 Å². The Morgan fingerprint density at radius 1 is 0.339 bits per heavy atom. The Bertz CT molecular complexity index is 3200. The van der Waals surface area contributed by atoms with E-state index in [2.05, 4.69) is 138 Å². The largest absolute Gasteiger partial charge is 0.309 e. The number of aromatic nitrogens is 4. The monoisotopic (exact) mass is 732 g/mol. The zero-order chi connectivity index (χ0) is 37.0. The van der Waals surface area contributed by atoms with Crippen LogP contribution in [0.3, 0.4) is 0 Å². The summed E-state index contributed by atoms with van der Waals surface area (Å²) in [6, 6.07) is 68.6. The Kier molecular flexibility index (Phi) is 7.64. The molecule has 0 spiro atoms. The van der Waals surface area contributed by atoms with Crippen LogP contribution in [0.5, 0.6) is 0 Å². The normalized spacial score (nSPS) is 11.6. The van der Waals surface area contributed by atoms with Crippen molar-refractivity contribution in [2.45, 2.75) is 0 Å². The molecule has 3 heterocycles. The van der Waals surface area contributed by atoms with Crippen LogP contribution >= 0.6 is 11.3 Å². The number of hydrogen-bond acceptors (Lipinski definition) is 4. The molecule has 5 heteroatoms. The second-order valence-corrected chi connectivity index (χ2v) is 15.1. The van der Waals surface area contributed by atoms with E-state index in [-0.39, 0.29) is 0 Å². The fourth-order valence-electron chi connectivity index (χ4n) is 8.06. The fourth-order valence-corrected chi connectivity index (χ4v) is 9.30. The zero-order valence-electron chi connectivity index (χ0n) is 30.2. The number of nitrogens with zero attached hydrogens (tertiary/aromatic N) is 4. The maximum atomic E-state index is 5.08. The van der Waals surface area contributed by atoms with Crippen LogP contribution in [0.2, 0.25) is 0 Å². The van der Waals surface area contributed by atoms with Crippen molar-refractivity contribution in [2.24, 2.45) is 0 Å². The molecule has 8 aromatic carbocycles. The average Bonchev–Trinajstić information content (AvgIpc) is 3.83. The number of benzene rings is 8. The molecular formula is C51H32N4S. The summed E-state index contributed by atoms with van der Waals surface area (Å²) < 4.78 is 5.04. The van der Waals surface area contributed by atoms with Crippen molar-refractivity contribution >= 4 is 53.3 Å². The highest BCUT2D eigenvalue weighted by Gasteiger charge is 2.18. The minimum absolute atomic E-state index is 0.636. The van der Waals surface area contributed by atoms with Crippen molar-refractivity contribution in [3.63, 3.8) is 0 Å². The Morgan fingerprint density at radius 2 is 0.893 bits per heavy atom. The van der Waals surface area contributed by atoms with E-state index >= 15 is 0 Å². The minimum Gasteiger partial charge on any atom is -0.309 e. The van der Waals surface area contributed by atoms with E-state index in [0.29, 0.717) is 17.5 Å². The standard InChI is InChI=1S/C51H32N4S/c1-3-15-33(16-4-1)49-52-50(34-17-5-2-6-18-34)54-51(53-49)43-24-8-7-21-38(43)35-19-13-20-37(31-35)55-45-27-11-9-22-40(45)44-32-36(29-30-46(44)55)39-25-14-26-42-41-23-10-12-28-47(41)56-48(39)42/h1-32H. The van der Waals surface area contributed by atoms with Crippen molar-refractivity contribution < 1.29 is 0 Å². The molecule has 0 aliphatic rings. The fraction of sp³-hybridized carbons (Fsp3) is 0. The summed E-state index contributed by atoms with van der Waals surface area (Å²) in [7, 11) is 0. The van der Waals surface area contributed by atoms with Crippen LogP contribution in [-0.2, 0) is 0 Å². The van der Waals surface area contributed by atoms with Crippen molar-refractivity contribution in [1.82, 2.24) is 19.5 Å². The first kappa shape index (κ1) is 32.2. The van der Waals surface area contributed by atoms with Crippen LogP contribution in [0, 0.1) is 0 Å². The molecule has 11 rings (SSSR count). The highest BCUT2D eigenvalue weighted by Crippen LogP contribution is 2.42. The van der Waals surface area contributed by atoms with Crippen LogP contribution in [-0.4, -0.2) is 19.5 Å². The van der Waals surface area contributed by atoms with Crippen LogP contribution in [0.25, 0.3) is 104 Å². The third kappa shape index (κ3) is 5.40. The van der Waals surface area contributed by atoms with Gasteiger partial charge in [-0.15, -0.1) is 11.3 Å². The lowest BCUT2D eigenvalue weighted by Crippen LogP contribution is -2.01. The highest BCUT2D eigenvalue weighted by atomic mass is 32.1. The molecule has 11 aromatic rings. The lowest BCUT2D eigenvalue weighted by Gasteiger charge is -2.14. The molecule has 0 bridgehead atoms. The second-order valence-electron chi connectivity index (χ2n) is 14.0. The maximum absolute atomic E-state index is 5.08. The first-order chi connectivity index (χ1) is 27.8. The second kappa shape index (κ2) is 13.3. The molecule has 0 atom stereocenters. The van der Waals surface area contributed by atoms with Gasteiger partial charge in [-0.2, -0.15) is 0 Å². The number of rotatable bonds is 6. The smallest absolute Gasteiger partial charge is 0.164 e. The van der Waals surface area contributed by atoms with Gasteiger partial charge < -0.3 is 4.57 Å². The number of fused-ring (bicyclic) bond motifs is 6. The van der Waals surface area contributed by atoms with E-state index in [1.807, 2.05) is 72.0 Å². The van der Waals surface area contributed by atoms with E-state index in [1.165, 1.54) is 53.1 Å². The Morgan fingerprint density at radius 3 is 1.68 bits per heavy atom. The van der Waals surface area contributed by atoms with Crippen LogP contribution in [0.15, 0.2) is 194 Å². The molecule has 0 radical (unpaired) electrons. The Labute approximate surface area is 327 Å². The van der Waals surface area contributed by atoms with Gasteiger partial charge in [0.2, 0.25) is 0 Å². The maximum Gasteiger partial charge on any atom is 0.164 e. The third-order valence-corrected chi connectivity index (χ3v) is 11.9. The van der Waals surface area contributed by atoms with Crippen LogP contribution < -0.4 is 0 Å². The van der Waals surface area contributed by atoms with Gasteiger partial charge in [-0.05, 0) is 58.7 Å². The predicted octanol–water partition coefficient (Wildman–Crippen LogP) is 13.7. The number of para-hydroxylation sites is 1. The highest BCUT2D eigenvalue weighted by molar-refractivity contribution is 7.26. The molecule has 0 N–H and O–H groups in total. The molecule has 0 saturated carbocycles. The molecule has 0 unspecified atom stereocenters.